The first-order valence-corrected chi connectivity index (χ1v) is 8.77. The predicted octanol–water partition coefficient (Wildman–Crippen LogP) is 2.37. The summed E-state index contributed by atoms with van der Waals surface area (Å²) in [4.78, 5) is 40.8. The van der Waals surface area contributed by atoms with E-state index in [1.54, 1.807) is 29.2 Å². The number of hydrogen-bond donors (Lipinski definition) is 2. The number of furan rings is 1. The summed E-state index contributed by atoms with van der Waals surface area (Å²) < 4.78 is 9.94. The summed E-state index contributed by atoms with van der Waals surface area (Å²) in [6.45, 7) is 0.855. The fourth-order valence-corrected chi connectivity index (χ4v) is 3.56. The molecule has 0 spiro atoms. The maximum atomic E-state index is 13.0. The SMILES string of the molecule is COC(=O)Cc1occc1C(=O)N1CCc2[nH]c3ccc(C(=O)O)cc3c2C1. The Labute approximate surface area is 159 Å². The lowest BCUT2D eigenvalue weighted by atomic mass is 10.0. The zero-order chi connectivity index (χ0) is 19.8. The van der Waals surface area contributed by atoms with Crippen molar-refractivity contribution in [3.05, 3.63) is 58.7 Å². The molecule has 0 radical (unpaired) electrons. The van der Waals surface area contributed by atoms with E-state index in [1.807, 2.05) is 0 Å². The summed E-state index contributed by atoms with van der Waals surface area (Å²) >= 11 is 0. The molecule has 3 heterocycles. The van der Waals surface area contributed by atoms with Gasteiger partial charge in [-0.05, 0) is 24.3 Å². The Morgan fingerprint density at radius 2 is 2.11 bits per heavy atom. The zero-order valence-electron chi connectivity index (χ0n) is 15.2. The minimum Gasteiger partial charge on any atom is -0.478 e. The monoisotopic (exact) mass is 382 g/mol. The van der Waals surface area contributed by atoms with Gasteiger partial charge in [0.25, 0.3) is 5.91 Å². The molecule has 0 atom stereocenters. The lowest BCUT2D eigenvalue weighted by molar-refractivity contribution is -0.140. The molecule has 0 unspecified atom stereocenters. The van der Waals surface area contributed by atoms with Crippen LogP contribution in [0.3, 0.4) is 0 Å². The van der Waals surface area contributed by atoms with Crippen molar-refractivity contribution in [2.45, 2.75) is 19.4 Å². The first-order chi connectivity index (χ1) is 13.5. The van der Waals surface area contributed by atoms with Crippen molar-refractivity contribution in [1.29, 1.82) is 0 Å². The minimum absolute atomic E-state index is 0.112. The van der Waals surface area contributed by atoms with Gasteiger partial charge in [-0.1, -0.05) is 0 Å². The first kappa shape index (κ1) is 17.8. The summed E-state index contributed by atoms with van der Waals surface area (Å²) in [5.41, 5.74) is 3.30. The lowest BCUT2D eigenvalue weighted by Gasteiger charge is -2.27. The minimum atomic E-state index is -0.994. The molecule has 0 bridgehead atoms. The third-order valence-corrected chi connectivity index (χ3v) is 5.02. The Morgan fingerprint density at radius 1 is 1.29 bits per heavy atom. The smallest absolute Gasteiger partial charge is 0.335 e. The van der Waals surface area contributed by atoms with Crippen LogP contribution in [-0.4, -0.2) is 46.5 Å². The van der Waals surface area contributed by atoms with Crippen LogP contribution in [0.1, 0.15) is 37.7 Å². The molecule has 0 aliphatic carbocycles. The summed E-state index contributed by atoms with van der Waals surface area (Å²) in [5, 5.41) is 10.1. The highest BCUT2D eigenvalue weighted by atomic mass is 16.5. The number of H-pyrrole nitrogens is 1. The third kappa shape index (κ3) is 3.02. The molecule has 144 valence electrons. The molecule has 2 N–H and O–H groups in total. The van der Waals surface area contributed by atoms with Gasteiger partial charge in [-0.25, -0.2) is 4.79 Å². The highest BCUT2D eigenvalue weighted by Crippen LogP contribution is 2.29. The Morgan fingerprint density at radius 3 is 2.86 bits per heavy atom. The van der Waals surface area contributed by atoms with Gasteiger partial charge in [-0.2, -0.15) is 0 Å². The maximum absolute atomic E-state index is 13.0. The number of fused-ring (bicyclic) bond motifs is 3. The van der Waals surface area contributed by atoms with Gasteiger partial charge in [0.05, 0.1) is 24.5 Å². The van der Waals surface area contributed by atoms with E-state index in [0.29, 0.717) is 25.1 Å². The number of carbonyl (C=O) groups excluding carboxylic acids is 2. The molecule has 0 fully saturated rings. The number of rotatable bonds is 4. The van der Waals surface area contributed by atoms with Gasteiger partial charge in [0, 0.05) is 41.7 Å². The number of benzene rings is 1. The van der Waals surface area contributed by atoms with Gasteiger partial charge in [0.2, 0.25) is 0 Å². The number of ether oxygens (including phenoxy) is 1. The van der Waals surface area contributed by atoms with Crippen LogP contribution in [0.2, 0.25) is 0 Å². The first-order valence-electron chi connectivity index (χ1n) is 8.77. The Hall–Kier alpha value is -3.55. The molecule has 0 saturated carbocycles. The van der Waals surface area contributed by atoms with Gasteiger partial charge >= 0.3 is 11.9 Å². The van der Waals surface area contributed by atoms with Crippen LogP contribution in [0.4, 0.5) is 0 Å². The quantitative estimate of drug-likeness (QED) is 0.670. The number of aromatic nitrogens is 1. The third-order valence-electron chi connectivity index (χ3n) is 5.02. The highest BCUT2D eigenvalue weighted by molar-refractivity contribution is 5.98. The van der Waals surface area contributed by atoms with Crippen molar-refractivity contribution in [2.75, 3.05) is 13.7 Å². The Balaban J connectivity index is 1.63. The standard InChI is InChI=1S/C20H18N2O6/c1-27-18(23)9-17-12(5-7-28-17)19(24)22-6-4-16-14(10-22)13-8-11(20(25)26)2-3-15(13)21-16/h2-3,5,7-8,21H,4,6,9-10H2,1H3,(H,25,26). The Kier molecular flexibility index (Phi) is 4.38. The van der Waals surface area contributed by atoms with Crippen molar-refractivity contribution in [3.63, 3.8) is 0 Å². The summed E-state index contributed by atoms with van der Waals surface area (Å²) in [6.07, 6.45) is 1.90. The number of nitrogens with zero attached hydrogens (tertiary/aromatic N) is 1. The number of aromatic carboxylic acids is 1. The van der Waals surface area contributed by atoms with Crippen molar-refractivity contribution < 1.29 is 28.6 Å². The number of carbonyl (C=O) groups is 3. The second-order valence-corrected chi connectivity index (χ2v) is 6.63. The number of esters is 1. The molecule has 1 aromatic carbocycles. The number of nitrogens with one attached hydrogen (secondary N) is 1. The molecule has 0 saturated heterocycles. The molecular weight excluding hydrogens is 364 g/mol. The van der Waals surface area contributed by atoms with E-state index >= 15 is 0 Å². The fourth-order valence-electron chi connectivity index (χ4n) is 3.56. The molecule has 1 aliphatic rings. The number of carboxylic acid groups (broad SMARTS) is 1. The van der Waals surface area contributed by atoms with Crippen LogP contribution in [-0.2, 0) is 28.9 Å². The molecule has 4 rings (SSSR count). The van der Waals surface area contributed by atoms with E-state index in [-0.39, 0.29) is 23.7 Å². The number of amides is 1. The molecular formula is C20H18N2O6. The average Bonchev–Trinajstić information content (AvgIpc) is 3.30. The van der Waals surface area contributed by atoms with Crippen molar-refractivity contribution >= 4 is 28.7 Å². The molecule has 1 amide bonds. The zero-order valence-corrected chi connectivity index (χ0v) is 15.2. The predicted molar refractivity (Wildman–Crippen MR) is 98.1 cm³/mol. The average molecular weight is 382 g/mol. The number of aromatic amines is 1. The number of methoxy groups -OCH3 is 1. The van der Waals surface area contributed by atoms with Crippen LogP contribution in [0.5, 0.6) is 0 Å². The van der Waals surface area contributed by atoms with Crippen LogP contribution in [0, 0.1) is 0 Å². The van der Waals surface area contributed by atoms with Gasteiger partial charge in [-0.3, -0.25) is 9.59 Å². The Bertz CT molecular complexity index is 1090. The van der Waals surface area contributed by atoms with Crippen LogP contribution in [0.15, 0.2) is 34.9 Å². The normalized spacial score (nSPS) is 13.4. The topological polar surface area (TPSA) is 113 Å². The highest BCUT2D eigenvalue weighted by Gasteiger charge is 2.28. The summed E-state index contributed by atoms with van der Waals surface area (Å²) in [6, 6.07) is 6.48. The summed E-state index contributed by atoms with van der Waals surface area (Å²) in [7, 11) is 1.28. The molecule has 3 aromatic rings. The molecule has 28 heavy (non-hydrogen) atoms. The fraction of sp³-hybridized carbons (Fsp3) is 0.250. The second kappa shape index (κ2) is 6.88. The van der Waals surface area contributed by atoms with E-state index in [0.717, 1.165) is 22.2 Å². The van der Waals surface area contributed by atoms with E-state index in [2.05, 4.69) is 9.72 Å². The van der Waals surface area contributed by atoms with E-state index in [9.17, 15) is 19.5 Å². The van der Waals surface area contributed by atoms with Gasteiger partial charge in [-0.15, -0.1) is 0 Å². The van der Waals surface area contributed by atoms with Gasteiger partial charge < -0.3 is 24.1 Å². The van der Waals surface area contributed by atoms with E-state index in [4.69, 9.17) is 4.42 Å². The van der Waals surface area contributed by atoms with Crippen molar-refractivity contribution in [2.24, 2.45) is 0 Å². The van der Waals surface area contributed by atoms with Crippen molar-refractivity contribution in [3.8, 4) is 0 Å². The molecule has 1 aliphatic heterocycles. The molecule has 8 nitrogen and oxygen atoms in total. The van der Waals surface area contributed by atoms with E-state index < -0.39 is 11.9 Å². The molecule has 8 heteroatoms. The van der Waals surface area contributed by atoms with Crippen LogP contribution >= 0.6 is 0 Å². The van der Waals surface area contributed by atoms with Crippen LogP contribution < -0.4 is 0 Å². The van der Waals surface area contributed by atoms with Gasteiger partial charge in [0.1, 0.15) is 12.2 Å². The van der Waals surface area contributed by atoms with Gasteiger partial charge in [0.15, 0.2) is 0 Å². The number of hydrogen-bond acceptors (Lipinski definition) is 5. The summed E-state index contributed by atoms with van der Waals surface area (Å²) in [5.74, 6) is -1.44. The lowest BCUT2D eigenvalue weighted by Crippen LogP contribution is -2.36. The van der Waals surface area contributed by atoms with Crippen LogP contribution in [0.25, 0.3) is 10.9 Å². The largest absolute Gasteiger partial charge is 0.478 e. The van der Waals surface area contributed by atoms with Crippen molar-refractivity contribution in [1.82, 2.24) is 9.88 Å². The molecule has 2 aromatic heterocycles. The number of carboxylic acids is 1. The van der Waals surface area contributed by atoms with E-state index in [1.165, 1.54) is 13.4 Å². The second-order valence-electron chi connectivity index (χ2n) is 6.63. The maximum Gasteiger partial charge on any atom is 0.335 e.